The van der Waals surface area contributed by atoms with Gasteiger partial charge in [-0.3, -0.25) is 14.6 Å². The lowest BCUT2D eigenvalue weighted by molar-refractivity contribution is -0.138. The van der Waals surface area contributed by atoms with Crippen molar-refractivity contribution in [2.24, 2.45) is 0 Å². The molecule has 1 rings (SSSR count). The third-order valence-corrected chi connectivity index (χ3v) is 3.17. The molecule has 1 amide bonds. The Morgan fingerprint density at radius 2 is 2.04 bits per heavy atom. The third kappa shape index (κ3) is 4.98. The summed E-state index contributed by atoms with van der Waals surface area (Å²) < 4.78 is 32.3. The summed E-state index contributed by atoms with van der Waals surface area (Å²) in [5, 5.41) is 0.915. The first kappa shape index (κ1) is 19.0. The van der Waals surface area contributed by atoms with E-state index in [0.717, 1.165) is 23.3 Å². The smallest absolute Gasteiger partial charge is 0.343 e. The summed E-state index contributed by atoms with van der Waals surface area (Å²) in [4.78, 5) is 34.7. The number of benzene rings is 1. The lowest BCUT2D eigenvalue weighted by Crippen LogP contribution is -2.30. The van der Waals surface area contributed by atoms with Crippen LogP contribution in [0.5, 0.6) is 0 Å². The van der Waals surface area contributed by atoms with Gasteiger partial charge in [0.25, 0.3) is 0 Å². The van der Waals surface area contributed by atoms with Crippen molar-refractivity contribution in [3.05, 3.63) is 44.7 Å². The van der Waals surface area contributed by atoms with Crippen LogP contribution in [0.1, 0.15) is 17.3 Å². The lowest BCUT2D eigenvalue weighted by Gasteiger charge is -2.12. The molecule has 0 unspecified atom stereocenters. The van der Waals surface area contributed by atoms with Gasteiger partial charge >= 0.3 is 5.97 Å². The zero-order valence-corrected chi connectivity index (χ0v) is 14.4. The minimum Gasteiger partial charge on any atom is -0.462 e. The first-order valence-electron chi connectivity index (χ1n) is 6.32. The number of nitrogens with zero attached hydrogens (tertiary/aromatic N) is 1. The Morgan fingerprint density at radius 3 is 2.61 bits per heavy atom. The van der Waals surface area contributed by atoms with Crippen LogP contribution >= 0.6 is 22.6 Å². The molecule has 0 spiro atoms. The first-order chi connectivity index (χ1) is 10.8. The van der Waals surface area contributed by atoms with E-state index < -0.39 is 34.5 Å². The molecule has 1 aromatic rings. The number of rotatable bonds is 7. The van der Waals surface area contributed by atoms with Crippen LogP contribution in [-0.4, -0.2) is 36.8 Å². The Hall–Kier alpha value is -2.04. The van der Waals surface area contributed by atoms with Gasteiger partial charge in [0, 0.05) is 16.8 Å². The van der Waals surface area contributed by atoms with Crippen LogP contribution < -0.4 is 5.43 Å². The zero-order chi connectivity index (χ0) is 17.6. The van der Waals surface area contributed by atoms with Crippen molar-refractivity contribution in [1.29, 1.82) is 0 Å². The van der Waals surface area contributed by atoms with E-state index in [1.54, 1.807) is 22.6 Å². The van der Waals surface area contributed by atoms with Gasteiger partial charge in [0.15, 0.2) is 11.6 Å². The van der Waals surface area contributed by atoms with Gasteiger partial charge in [-0.25, -0.2) is 13.6 Å². The topological polar surface area (TPSA) is 75.7 Å². The predicted molar refractivity (Wildman–Crippen MR) is 85.1 cm³/mol. The monoisotopic (exact) mass is 438 g/mol. The number of carbonyl (C=O) groups is 3. The predicted octanol–water partition coefficient (Wildman–Crippen LogP) is 1.79. The van der Waals surface area contributed by atoms with E-state index >= 15 is 0 Å². The van der Waals surface area contributed by atoms with Gasteiger partial charge in [-0.05, 0) is 41.6 Å². The molecule has 0 aliphatic heterocycles. The molecule has 6 nitrogen and oxygen atoms in total. The largest absolute Gasteiger partial charge is 0.462 e. The number of hydrogen-bond donors (Lipinski definition) is 1. The molecular formula is C14H13F2IN2O4. The minimum absolute atomic E-state index is 0.0177. The summed E-state index contributed by atoms with van der Waals surface area (Å²) in [6.07, 6.45) is 1.28. The molecule has 23 heavy (non-hydrogen) atoms. The van der Waals surface area contributed by atoms with Crippen LogP contribution in [0.2, 0.25) is 0 Å². The number of carbonyl (C=O) groups excluding carboxylic acids is 3. The van der Waals surface area contributed by atoms with Crippen LogP contribution in [0.4, 0.5) is 8.78 Å². The highest BCUT2D eigenvalue weighted by molar-refractivity contribution is 14.1. The van der Waals surface area contributed by atoms with E-state index in [0.29, 0.717) is 6.41 Å². The molecule has 0 bridgehead atoms. The number of esters is 1. The Morgan fingerprint density at radius 1 is 1.39 bits per heavy atom. The third-order valence-electron chi connectivity index (χ3n) is 2.55. The number of ether oxygens (including phenoxy) is 1. The van der Waals surface area contributed by atoms with E-state index in [2.05, 4.69) is 5.43 Å². The van der Waals surface area contributed by atoms with Crippen molar-refractivity contribution in [3.63, 3.8) is 0 Å². The van der Waals surface area contributed by atoms with Gasteiger partial charge in [-0.1, -0.05) is 0 Å². The highest BCUT2D eigenvalue weighted by atomic mass is 127. The molecule has 0 aromatic heterocycles. The van der Waals surface area contributed by atoms with Crippen LogP contribution in [-0.2, 0) is 14.3 Å². The highest BCUT2D eigenvalue weighted by Crippen LogP contribution is 2.20. The van der Waals surface area contributed by atoms with Gasteiger partial charge in [-0.2, -0.15) is 0 Å². The molecule has 124 valence electrons. The van der Waals surface area contributed by atoms with Crippen molar-refractivity contribution in [2.75, 3.05) is 13.7 Å². The molecule has 0 atom stereocenters. The van der Waals surface area contributed by atoms with E-state index in [1.807, 2.05) is 0 Å². The normalized spacial score (nSPS) is 10.9. The molecule has 0 aliphatic rings. The molecule has 0 saturated heterocycles. The molecule has 0 fully saturated rings. The van der Waals surface area contributed by atoms with Crippen LogP contribution in [0, 0.1) is 15.2 Å². The van der Waals surface area contributed by atoms with E-state index in [1.165, 1.54) is 14.0 Å². The fraction of sp³-hybridized carbons (Fsp3) is 0.214. The van der Waals surface area contributed by atoms with Gasteiger partial charge < -0.3 is 10.2 Å². The molecule has 0 aliphatic carbocycles. The van der Waals surface area contributed by atoms with Crippen molar-refractivity contribution in [2.45, 2.75) is 6.92 Å². The molecular weight excluding hydrogens is 425 g/mol. The van der Waals surface area contributed by atoms with Crippen molar-refractivity contribution >= 4 is 40.8 Å². The second-order valence-corrected chi connectivity index (χ2v) is 5.45. The Bertz CT molecular complexity index is 664. The molecule has 1 aromatic carbocycles. The van der Waals surface area contributed by atoms with Crippen molar-refractivity contribution in [1.82, 2.24) is 10.4 Å². The van der Waals surface area contributed by atoms with E-state index in [9.17, 15) is 23.2 Å². The first-order valence-corrected chi connectivity index (χ1v) is 7.40. The average molecular weight is 438 g/mol. The molecule has 0 radical (unpaired) electrons. The van der Waals surface area contributed by atoms with E-state index in [4.69, 9.17) is 4.74 Å². The summed E-state index contributed by atoms with van der Waals surface area (Å²) in [5.74, 6) is -4.66. The zero-order valence-electron chi connectivity index (χ0n) is 12.2. The maximum absolute atomic E-state index is 13.8. The molecule has 1 N–H and O–H groups in total. The average Bonchev–Trinajstić information content (AvgIpc) is 2.50. The lowest BCUT2D eigenvalue weighted by atomic mass is 10.0. The van der Waals surface area contributed by atoms with Gasteiger partial charge in [0.05, 0.1) is 12.2 Å². The van der Waals surface area contributed by atoms with E-state index in [-0.39, 0.29) is 10.2 Å². The molecule has 0 heterocycles. The fourth-order valence-electron chi connectivity index (χ4n) is 1.49. The summed E-state index contributed by atoms with van der Waals surface area (Å²) in [6, 6.07) is 2.02. The second-order valence-electron chi connectivity index (χ2n) is 4.20. The number of hydrazine groups is 1. The van der Waals surface area contributed by atoms with Gasteiger partial charge in [0.2, 0.25) is 12.2 Å². The number of amides is 1. The van der Waals surface area contributed by atoms with Crippen LogP contribution in [0.15, 0.2) is 23.9 Å². The summed E-state index contributed by atoms with van der Waals surface area (Å²) in [5.41, 5.74) is 1.16. The standard InChI is InChI=1S/C14H13F2IN2O4/c1-3-23-14(22)10(6-18-19(2)7-20)13(21)9-4-8(17)5-11(15)12(9)16/h4-7,18H,3H2,1-2H3. The maximum atomic E-state index is 13.8. The van der Waals surface area contributed by atoms with Crippen molar-refractivity contribution in [3.8, 4) is 0 Å². The number of halogens is 3. The Labute approximate surface area is 144 Å². The molecule has 0 saturated carbocycles. The van der Waals surface area contributed by atoms with Crippen LogP contribution in [0.25, 0.3) is 0 Å². The number of ketones is 1. The number of hydrogen-bond acceptors (Lipinski definition) is 5. The number of nitrogens with one attached hydrogen (secondary N) is 1. The minimum atomic E-state index is -1.37. The fourth-order valence-corrected chi connectivity index (χ4v) is 2.07. The number of Topliss-reactive ketones (excluding diaryl/α,β-unsaturated/α-hetero) is 1. The Kier molecular flexibility index (Phi) is 7.07. The summed E-state index contributed by atoms with van der Waals surface area (Å²) in [6.45, 7) is 1.51. The van der Waals surface area contributed by atoms with Gasteiger partial charge in [0.1, 0.15) is 5.57 Å². The highest BCUT2D eigenvalue weighted by Gasteiger charge is 2.26. The maximum Gasteiger partial charge on any atom is 0.343 e. The SMILES string of the molecule is CCOC(=O)C(=CNN(C)C=O)C(=O)c1cc(I)cc(F)c1F. The molecule has 9 heteroatoms. The quantitative estimate of drug-likeness (QED) is 0.0809. The van der Waals surface area contributed by atoms with Crippen LogP contribution in [0.3, 0.4) is 0 Å². The summed E-state index contributed by atoms with van der Waals surface area (Å²) >= 11 is 1.71. The summed E-state index contributed by atoms with van der Waals surface area (Å²) in [7, 11) is 1.32. The Balaban J connectivity index is 3.28. The van der Waals surface area contributed by atoms with Gasteiger partial charge in [-0.15, -0.1) is 0 Å². The van der Waals surface area contributed by atoms with Crippen molar-refractivity contribution < 1.29 is 27.9 Å². The second kappa shape index (κ2) is 8.56.